The van der Waals surface area contributed by atoms with Crippen molar-refractivity contribution in [2.75, 3.05) is 10.2 Å². The summed E-state index contributed by atoms with van der Waals surface area (Å²) in [6.07, 6.45) is 12.5. The second-order valence-corrected chi connectivity index (χ2v) is 19.2. The molecule has 0 saturated heterocycles. The van der Waals surface area contributed by atoms with Gasteiger partial charge in [-0.15, -0.1) is 0 Å². The molecule has 2 atom stereocenters. The average Bonchev–Trinajstić information content (AvgIpc) is 3.25. The van der Waals surface area contributed by atoms with Gasteiger partial charge in [0.25, 0.3) is 0 Å². The molecule has 0 aromatic heterocycles. The molecular weight excluding hydrogens is 737 g/mol. The number of para-hydroxylation sites is 1. The van der Waals surface area contributed by atoms with Crippen molar-refractivity contribution in [1.82, 2.24) is 0 Å². The van der Waals surface area contributed by atoms with E-state index in [2.05, 4.69) is 218 Å². The molecule has 0 heterocycles. The Labute approximate surface area is 369 Å². The summed E-state index contributed by atoms with van der Waals surface area (Å²) in [5, 5.41) is 3.90. The average molecular weight is 807 g/mol. The van der Waals surface area contributed by atoms with Crippen LogP contribution < -0.4 is 10.2 Å². The van der Waals surface area contributed by atoms with Crippen molar-refractivity contribution in [3.63, 3.8) is 0 Å². The van der Waals surface area contributed by atoms with Gasteiger partial charge in [0.05, 0.1) is 5.54 Å². The molecular formula is C59H70N2. The lowest BCUT2D eigenvalue weighted by atomic mass is 9.71. The van der Waals surface area contributed by atoms with Crippen LogP contribution in [0.5, 0.6) is 0 Å². The van der Waals surface area contributed by atoms with Gasteiger partial charge in [-0.2, -0.15) is 0 Å². The van der Waals surface area contributed by atoms with Crippen LogP contribution in [0, 0.1) is 25.7 Å². The largest absolute Gasteiger partial charge is 0.380 e. The lowest BCUT2D eigenvalue weighted by molar-refractivity contribution is 0.238. The van der Waals surface area contributed by atoms with Crippen molar-refractivity contribution in [2.24, 2.45) is 11.8 Å². The van der Waals surface area contributed by atoms with E-state index in [0.29, 0.717) is 11.8 Å². The third kappa shape index (κ3) is 10.2. The van der Waals surface area contributed by atoms with Gasteiger partial charge in [0, 0.05) is 22.6 Å². The summed E-state index contributed by atoms with van der Waals surface area (Å²) in [5.41, 5.74) is 17.7. The lowest BCUT2D eigenvalue weighted by Crippen LogP contribution is -2.43. The SMILES string of the molecule is CCCCCCCc1cccc(-c2ccc(N(c3ccccc3)C(C)(C)c3ccc(-c4cc(C)c(-c5ccc(NC(C)(C)C6CC=C(C)C[C@@H]6C)cc5)cc4C)cc3)cc2)c1. The summed E-state index contributed by atoms with van der Waals surface area (Å²) in [6, 6.07) is 52.3. The van der Waals surface area contributed by atoms with Crippen LogP contribution in [-0.4, -0.2) is 5.54 Å². The van der Waals surface area contributed by atoms with Crippen LogP contribution >= 0.6 is 0 Å². The molecule has 0 bridgehead atoms. The predicted octanol–water partition coefficient (Wildman–Crippen LogP) is 17.1. The zero-order valence-electron chi connectivity index (χ0n) is 38.6. The minimum atomic E-state index is -0.325. The number of rotatable bonds is 16. The van der Waals surface area contributed by atoms with Gasteiger partial charge in [-0.05, 0) is 178 Å². The van der Waals surface area contributed by atoms with Crippen molar-refractivity contribution < 1.29 is 0 Å². The van der Waals surface area contributed by atoms with E-state index in [1.807, 2.05) is 0 Å². The second-order valence-electron chi connectivity index (χ2n) is 19.2. The summed E-state index contributed by atoms with van der Waals surface area (Å²) < 4.78 is 0. The van der Waals surface area contributed by atoms with E-state index in [9.17, 15) is 0 Å². The molecule has 61 heavy (non-hydrogen) atoms. The highest BCUT2D eigenvalue weighted by atomic mass is 15.2. The van der Waals surface area contributed by atoms with Gasteiger partial charge in [-0.3, -0.25) is 0 Å². The van der Waals surface area contributed by atoms with Gasteiger partial charge in [-0.25, -0.2) is 0 Å². The van der Waals surface area contributed by atoms with Crippen molar-refractivity contribution in [3.05, 3.63) is 173 Å². The molecule has 0 aliphatic heterocycles. The Kier molecular flexibility index (Phi) is 13.7. The maximum atomic E-state index is 3.90. The monoisotopic (exact) mass is 807 g/mol. The maximum absolute atomic E-state index is 3.90. The molecule has 7 rings (SSSR count). The number of hydrogen-bond acceptors (Lipinski definition) is 2. The Balaban J connectivity index is 1.08. The second kappa shape index (κ2) is 19.1. The third-order valence-corrected chi connectivity index (χ3v) is 13.6. The van der Waals surface area contributed by atoms with Crippen molar-refractivity contribution in [2.45, 2.75) is 125 Å². The molecule has 0 radical (unpaired) electrons. The lowest BCUT2D eigenvalue weighted by Gasteiger charge is -2.41. The van der Waals surface area contributed by atoms with E-state index >= 15 is 0 Å². The molecule has 2 heteroatoms. The predicted molar refractivity (Wildman–Crippen MR) is 266 cm³/mol. The fourth-order valence-electron chi connectivity index (χ4n) is 10.1. The highest BCUT2D eigenvalue weighted by Crippen LogP contribution is 2.42. The van der Waals surface area contributed by atoms with Crippen LogP contribution in [0.2, 0.25) is 0 Å². The summed E-state index contributed by atoms with van der Waals surface area (Å²) in [7, 11) is 0. The molecule has 1 aliphatic rings. The highest BCUT2D eigenvalue weighted by molar-refractivity contribution is 5.78. The molecule has 0 saturated carbocycles. The van der Waals surface area contributed by atoms with Crippen LogP contribution in [0.1, 0.15) is 116 Å². The van der Waals surface area contributed by atoms with Crippen LogP contribution in [0.4, 0.5) is 17.1 Å². The summed E-state index contributed by atoms with van der Waals surface area (Å²) in [4.78, 5) is 2.49. The molecule has 6 aromatic rings. The summed E-state index contributed by atoms with van der Waals surface area (Å²) >= 11 is 0. The Morgan fingerprint density at radius 2 is 1.18 bits per heavy atom. The molecule has 0 fully saturated rings. The Morgan fingerprint density at radius 3 is 1.80 bits per heavy atom. The smallest absolute Gasteiger partial charge is 0.0646 e. The molecule has 1 N–H and O–H groups in total. The molecule has 1 unspecified atom stereocenters. The van der Waals surface area contributed by atoms with Crippen molar-refractivity contribution in [3.8, 4) is 33.4 Å². The van der Waals surface area contributed by atoms with Gasteiger partial charge in [-0.1, -0.05) is 154 Å². The third-order valence-electron chi connectivity index (χ3n) is 13.6. The highest BCUT2D eigenvalue weighted by Gasteiger charge is 2.35. The number of allylic oxidation sites excluding steroid dienone is 2. The molecule has 316 valence electrons. The zero-order chi connectivity index (χ0) is 43.1. The number of anilines is 3. The quantitative estimate of drug-likeness (QED) is 0.0774. The molecule has 0 spiro atoms. The first kappa shape index (κ1) is 43.7. The maximum Gasteiger partial charge on any atom is 0.0646 e. The van der Waals surface area contributed by atoms with E-state index in [4.69, 9.17) is 0 Å². The Morgan fingerprint density at radius 1 is 0.590 bits per heavy atom. The minimum Gasteiger partial charge on any atom is -0.380 e. The standard InChI is InChI=1S/C59H70N2/c1-10-11-12-13-15-19-46-20-18-21-50(41-46)47-29-35-54(36-30-47)61(53-22-16-14-17-23-53)59(8,9)51-31-25-48(26-32-51)55-39-44(4)56(40-43(55)3)49-27-33-52(34-28-49)60-58(6,7)57-37-24-42(2)38-45(57)5/h14,16-18,20-36,39-41,45,57,60H,10-13,15,19,37-38H2,1-9H3/t45-,57?/m0/s1. The first-order valence-electron chi connectivity index (χ1n) is 23.1. The number of hydrogen-bond donors (Lipinski definition) is 1. The Bertz CT molecular complexity index is 2380. The first-order chi connectivity index (χ1) is 29.3. The van der Waals surface area contributed by atoms with Crippen molar-refractivity contribution >= 4 is 17.1 Å². The zero-order valence-corrected chi connectivity index (χ0v) is 38.6. The Hall–Kier alpha value is -5.34. The fourth-order valence-corrected chi connectivity index (χ4v) is 10.1. The number of nitrogens with one attached hydrogen (secondary N) is 1. The normalized spacial score (nSPS) is 15.7. The van der Waals surface area contributed by atoms with Gasteiger partial charge in [0.15, 0.2) is 0 Å². The number of nitrogens with zero attached hydrogens (tertiary/aromatic N) is 1. The van der Waals surface area contributed by atoms with Crippen LogP contribution in [-0.2, 0) is 12.0 Å². The van der Waals surface area contributed by atoms with Gasteiger partial charge in [0.1, 0.15) is 0 Å². The molecule has 6 aromatic carbocycles. The van der Waals surface area contributed by atoms with Crippen LogP contribution in [0.3, 0.4) is 0 Å². The molecule has 2 nitrogen and oxygen atoms in total. The van der Waals surface area contributed by atoms with E-state index < -0.39 is 0 Å². The van der Waals surface area contributed by atoms with E-state index in [1.165, 1.54) is 117 Å². The van der Waals surface area contributed by atoms with Crippen LogP contribution in [0.25, 0.3) is 33.4 Å². The first-order valence-corrected chi connectivity index (χ1v) is 23.1. The van der Waals surface area contributed by atoms with Crippen LogP contribution in [0.15, 0.2) is 151 Å². The minimum absolute atomic E-state index is 0.0165. The van der Waals surface area contributed by atoms with Gasteiger partial charge < -0.3 is 10.2 Å². The van der Waals surface area contributed by atoms with E-state index in [0.717, 1.165) is 12.8 Å². The number of unbranched alkanes of at least 4 members (excludes halogenated alkanes) is 4. The van der Waals surface area contributed by atoms with Gasteiger partial charge >= 0.3 is 0 Å². The number of aryl methyl sites for hydroxylation is 3. The number of benzene rings is 6. The van der Waals surface area contributed by atoms with Crippen molar-refractivity contribution in [1.29, 1.82) is 0 Å². The molecule has 1 aliphatic carbocycles. The van der Waals surface area contributed by atoms with E-state index in [1.54, 1.807) is 0 Å². The summed E-state index contributed by atoms with van der Waals surface area (Å²) in [6.45, 7) is 20.9. The van der Waals surface area contributed by atoms with E-state index in [-0.39, 0.29) is 11.1 Å². The van der Waals surface area contributed by atoms with Gasteiger partial charge in [0.2, 0.25) is 0 Å². The fraction of sp³-hybridized carbons (Fsp3) is 0.356. The topological polar surface area (TPSA) is 15.3 Å². The molecule has 0 amide bonds. The summed E-state index contributed by atoms with van der Waals surface area (Å²) in [5.74, 6) is 1.28.